The highest BCUT2D eigenvalue weighted by molar-refractivity contribution is 5.79. The number of benzene rings is 1. The average Bonchev–Trinajstić information content (AvgIpc) is 3.06. The van der Waals surface area contributed by atoms with Crippen molar-refractivity contribution in [3.05, 3.63) is 54.0 Å². The lowest BCUT2D eigenvalue weighted by atomic mass is 10.1. The fourth-order valence-electron chi connectivity index (χ4n) is 2.68. The van der Waals surface area contributed by atoms with Gasteiger partial charge in [0.15, 0.2) is 11.5 Å². The third-order valence-electron chi connectivity index (χ3n) is 3.95. The number of methoxy groups -OCH3 is 2. The minimum atomic E-state index is -0.269. The van der Waals surface area contributed by atoms with Crippen LogP contribution in [0.3, 0.4) is 0 Å². The molecule has 1 amide bonds. The molecule has 3 rings (SSSR count). The van der Waals surface area contributed by atoms with Crippen LogP contribution in [0.4, 0.5) is 0 Å². The number of nitrogens with one attached hydrogen (secondary N) is 1. The lowest BCUT2D eigenvalue weighted by Gasteiger charge is -2.14. The first-order valence-electron chi connectivity index (χ1n) is 7.92. The Kier molecular flexibility index (Phi) is 4.83. The van der Waals surface area contributed by atoms with Gasteiger partial charge in [-0.25, -0.2) is 0 Å². The van der Waals surface area contributed by atoms with E-state index in [1.54, 1.807) is 26.4 Å². The highest BCUT2D eigenvalue weighted by Gasteiger charge is 2.17. The lowest BCUT2D eigenvalue weighted by molar-refractivity contribution is -0.121. The van der Waals surface area contributed by atoms with Crippen molar-refractivity contribution in [2.45, 2.75) is 19.4 Å². The van der Waals surface area contributed by atoms with Gasteiger partial charge in [0.25, 0.3) is 0 Å². The Morgan fingerprint density at radius 2 is 2.04 bits per heavy atom. The summed E-state index contributed by atoms with van der Waals surface area (Å²) in [5.74, 6) is 1.87. The fraction of sp³-hybridized carbons (Fsp3) is 0.278. The number of amides is 1. The molecule has 0 saturated carbocycles. The summed E-state index contributed by atoms with van der Waals surface area (Å²) in [6.07, 6.45) is 2.08. The van der Waals surface area contributed by atoms with Gasteiger partial charge in [0.05, 0.1) is 26.7 Å². The van der Waals surface area contributed by atoms with Crippen LogP contribution in [0.2, 0.25) is 0 Å². The number of hydrogen-bond acceptors (Lipinski definition) is 5. The number of carbonyl (C=O) groups is 1. The molecule has 2 aromatic heterocycles. The smallest absolute Gasteiger partial charge is 0.225 e. The normalized spacial score (nSPS) is 12.0. The second-order valence-corrected chi connectivity index (χ2v) is 5.63. The second-order valence-electron chi connectivity index (χ2n) is 5.63. The highest BCUT2D eigenvalue weighted by atomic mass is 16.5. The molecule has 3 aromatic rings. The van der Waals surface area contributed by atoms with Crippen LogP contribution < -0.4 is 14.8 Å². The molecule has 7 heteroatoms. The van der Waals surface area contributed by atoms with Crippen LogP contribution in [0.5, 0.6) is 11.5 Å². The van der Waals surface area contributed by atoms with Gasteiger partial charge in [-0.15, -0.1) is 10.2 Å². The Morgan fingerprint density at radius 1 is 1.20 bits per heavy atom. The fourth-order valence-corrected chi connectivity index (χ4v) is 2.68. The second kappa shape index (κ2) is 7.21. The summed E-state index contributed by atoms with van der Waals surface area (Å²) in [7, 11) is 3.16. The van der Waals surface area contributed by atoms with Gasteiger partial charge >= 0.3 is 0 Å². The third-order valence-corrected chi connectivity index (χ3v) is 3.95. The summed E-state index contributed by atoms with van der Waals surface area (Å²) >= 11 is 0. The molecule has 0 radical (unpaired) electrons. The third kappa shape index (κ3) is 3.55. The number of fused-ring (bicyclic) bond motifs is 1. The van der Waals surface area contributed by atoms with Crippen LogP contribution in [0.1, 0.15) is 24.4 Å². The molecule has 7 nitrogen and oxygen atoms in total. The van der Waals surface area contributed by atoms with E-state index in [1.807, 2.05) is 41.8 Å². The van der Waals surface area contributed by atoms with E-state index in [0.29, 0.717) is 17.3 Å². The average molecular weight is 340 g/mol. The van der Waals surface area contributed by atoms with Crippen molar-refractivity contribution in [1.29, 1.82) is 0 Å². The quantitative estimate of drug-likeness (QED) is 0.744. The molecular formula is C18H20N4O3. The summed E-state index contributed by atoms with van der Waals surface area (Å²) < 4.78 is 12.4. The van der Waals surface area contributed by atoms with Crippen molar-refractivity contribution in [1.82, 2.24) is 19.9 Å². The van der Waals surface area contributed by atoms with Crippen molar-refractivity contribution in [2.24, 2.45) is 0 Å². The summed E-state index contributed by atoms with van der Waals surface area (Å²) in [4.78, 5) is 12.4. The molecule has 25 heavy (non-hydrogen) atoms. The summed E-state index contributed by atoms with van der Waals surface area (Å²) in [6.45, 7) is 1.88. The maximum absolute atomic E-state index is 12.4. The topological polar surface area (TPSA) is 77.8 Å². The zero-order valence-electron chi connectivity index (χ0n) is 14.4. The van der Waals surface area contributed by atoms with E-state index in [9.17, 15) is 4.79 Å². The zero-order valence-corrected chi connectivity index (χ0v) is 14.4. The highest BCUT2D eigenvalue weighted by Crippen LogP contribution is 2.25. The van der Waals surface area contributed by atoms with Crippen molar-refractivity contribution in [3.8, 4) is 11.5 Å². The van der Waals surface area contributed by atoms with E-state index >= 15 is 0 Å². The number of carbonyl (C=O) groups excluding carboxylic acids is 1. The Bertz CT molecular complexity index is 891. The van der Waals surface area contributed by atoms with Gasteiger partial charge in [-0.1, -0.05) is 12.1 Å². The molecule has 0 bridgehead atoms. The first kappa shape index (κ1) is 16.8. The van der Waals surface area contributed by atoms with Gasteiger partial charge < -0.3 is 14.8 Å². The standard InChI is InChI=1S/C18H20N4O3/c1-12(18-21-20-16-6-4-5-9-22(16)18)19-17(23)10-13-7-8-14(24-2)11-15(13)25-3/h4-9,11-12H,10H2,1-3H3,(H,19,23)/t12-/m1/s1. The number of ether oxygens (including phenoxy) is 2. The molecule has 0 saturated heterocycles. The van der Waals surface area contributed by atoms with Crippen molar-refractivity contribution < 1.29 is 14.3 Å². The molecule has 130 valence electrons. The van der Waals surface area contributed by atoms with Gasteiger partial charge in [0.1, 0.15) is 11.5 Å². The monoisotopic (exact) mass is 340 g/mol. The van der Waals surface area contributed by atoms with E-state index in [1.165, 1.54) is 0 Å². The maximum Gasteiger partial charge on any atom is 0.225 e. The van der Waals surface area contributed by atoms with Crippen molar-refractivity contribution >= 4 is 11.6 Å². The number of pyridine rings is 1. The van der Waals surface area contributed by atoms with Crippen LogP contribution in [0, 0.1) is 0 Å². The summed E-state index contributed by atoms with van der Waals surface area (Å²) in [5.41, 5.74) is 1.54. The van der Waals surface area contributed by atoms with E-state index in [0.717, 1.165) is 11.2 Å². The molecule has 1 aromatic carbocycles. The minimum absolute atomic E-state index is 0.122. The van der Waals surface area contributed by atoms with Gasteiger partial charge in [0.2, 0.25) is 5.91 Å². The largest absolute Gasteiger partial charge is 0.497 e. The molecule has 0 aliphatic carbocycles. The Hall–Kier alpha value is -3.09. The molecule has 0 spiro atoms. The molecule has 2 heterocycles. The van der Waals surface area contributed by atoms with Crippen molar-refractivity contribution in [2.75, 3.05) is 14.2 Å². The number of rotatable bonds is 6. The SMILES string of the molecule is COc1ccc(CC(=O)N[C@H](C)c2nnc3ccccn23)c(OC)c1. The molecule has 0 unspecified atom stereocenters. The van der Waals surface area contributed by atoms with E-state index in [4.69, 9.17) is 9.47 Å². The first-order chi connectivity index (χ1) is 12.1. The zero-order chi connectivity index (χ0) is 17.8. The van der Waals surface area contributed by atoms with Crippen molar-refractivity contribution in [3.63, 3.8) is 0 Å². The first-order valence-corrected chi connectivity index (χ1v) is 7.92. The molecular weight excluding hydrogens is 320 g/mol. The van der Waals surface area contributed by atoms with Crippen LogP contribution in [-0.4, -0.2) is 34.7 Å². The predicted octanol–water partition coefficient (Wildman–Crippen LogP) is 2.17. The summed E-state index contributed by atoms with van der Waals surface area (Å²) in [5, 5.41) is 11.2. The van der Waals surface area contributed by atoms with Crippen LogP contribution >= 0.6 is 0 Å². The van der Waals surface area contributed by atoms with E-state index < -0.39 is 0 Å². The predicted molar refractivity (Wildman–Crippen MR) is 92.8 cm³/mol. The van der Waals surface area contributed by atoms with E-state index in [-0.39, 0.29) is 18.4 Å². The number of aromatic nitrogens is 3. The van der Waals surface area contributed by atoms with Crippen LogP contribution in [0.25, 0.3) is 5.65 Å². The Balaban J connectivity index is 1.72. The summed E-state index contributed by atoms with van der Waals surface area (Å²) in [6, 6.07) is 10.8. The maximum atomic E-state index is 12.4. The van der Waals surface area contributed by atoms with Gasteiger partial charge in [-0.2, -0.15) is 0 Å². The Labute approximate surface area is 145 Å². The molecule has 0 aliphatic rings. The molecule has 1 N–H and O–H groups in total. The molecule has 0 aliphatic heterocycles. The molecule has 0 fully saturated rings. The number of nitrogens with zero attached hydrogens (tertiary/aromatic N) is 3. The molecule has 1 atom stereocenters. The lowest BCUT2D eigenvalue weighted by Crippen LogP contribution is -2.29. The van der Waals surface area contributed by atoms with Gasteiger partial charge in [0, 0.05) is 17.8 Å². The van der Waals surface area contributed by atoms with Gasteiger partial charge in [-0.3, -0.25) is 9.20 Å². The van der Waals surface area contributed by atoms with Crippen LogP contribution in [0.15, 0.2) is 42.6 Å². The van der Waals surface area contributed by atoms with Gasteiger partial charge in [-0.05, 0) is 25.1 Å². The van der Waals surface area contributed by atoms with E-state index in [2.05, 4.69) is 15.5 Å². The van der Waals surface area contributed by atoms with Crippen LogP contribution in [-0.2, 0) is 11.2 Å². The minimum Gasteiger partial charge on any atom is -0.497 e. The number of hydrogen-bond donors (Lipinski definition) is 1. The Morgan fingerprint density at radius 3 is 2.80 bits per heavy atom.